The number of nitrogens with zero attached hydrogens (tertiary/aromatic N) is 1. The second kappa shape index (κ2) is 14.7. The van der Waals surface area contributed by atoms with Crippen LogP contribution in [0, 0.1) is 0 Å². The quantitative estimate of drug-likeness (QED) is 0.182. The maximum atomic E-state index is 15.1. The third-order valence-corrected chi connectivity index (χ3v) is 9.27. The number of carbonyl (C=O) groups is 1. The molecule has 2 unspecified atom stereocenters. The Balaban J connectivity index is 1.55. The number of phenolic OH excluding ortho intramolecular Hbond substituents is 1. The molecule has 48 heavy (non-hydrogen) atoms. The molecule has 2 aliphatic heterocycles. The number of amides is 1. The lowest BCUT2D eigenvalue weighted by atomic mass is 9.80. The SMILES string of the molecule is COc1cc2c(cc1O)C(Cc1ccc(OC)c(OC)c1)N(C(CC1=COCO1)(C(=O)NCc1ccccc1)c1ccccc1)CCC2. The molecule has 0 bridgehead atoms. The van der Waals surface area contributed by atoms with Crippen LogP contribution in [0.5, 0.6) is 23.0 Å². The number of phenols is 1. The molecular formula is C39H42N2O7. The van der Waals surface area contributed by atoms with Gasteiger partial charge in [-0.05, 0) is 71.3 Å². The molecule has 1 amide bonds. The van der Waals surface area contributed by atoms with E-state index in [1.54, 1.807) is 33.7 Å². The molecule has 0 radical (unpaired) electrons. The van der Waals surface area contributed by atoms with Gasteiger partial charge < -0.3 is 34.1 Å². The number of aromatic hydroxyl groups is 1. The molecule has 2 aliphatic rings. The van der Waals surface area contributed by atoms with E-state index in [0.29, 0.717) is 42.5 Å². The van der Waals surface area contributed by atoms with E-state index in [2.05, 4.69) is 10.2 Å². The van der Waals surface area contributed by atoms with Crippen LogP contribution in [0.3, 0.4) is 0 Å². The van der Waals surface area contributed by atoms with Crippen molar-refractivity contribution in [1.29, 1.82) is 0 Å². The zero-order valence-corrected chi connectivity index (χ0v) is 27.6. The number of methoxy groups -OCH3 is 3. The van der Waals surface area contributed by atoms with E-state index in [1.807, 2.05) is 84.9 Å². The average molecular weight is 651 g/mol. The molecule has 0 saturated carbocycles. The smallest absolute Gasteiger partial charge is 0.245 e. The molecule has 4 aromatic carbocycles. The Hall–Kier alpha value is -5.15. The molecule has 2 atom stereocenters. The van der Waals surface area contributed by atoms with E-state index in [4.69, 9.17) is 23.7 Å². The van der Waals surface area contributed by atoms with Crippen molar-refractivity contribution in [2.24, 2.45) is 0 Å². The summed E-state index contributed by atoms with van der Waals surface area (Å²) in [7, 11) is 4.79. The summed E-state index contributed by atoms with van der Waals surface area (Å²) in [4.78, 5) is 17.4. The lowest BCUT2D eigenvalue weighted by molar-refractivity contribution is -0.138. The number of fused-ring (bicyclic) bond motifs is 1. The lowest BCUT2D eigenvalue weighted by Crippen LogP contribution is -2.58. The number of aryl methyl sites for hydroxylation is 1. The minimum Gasteiger partial charge on any atom is -0.504 e. The number of hydrogen-bond acceptors (Lipinski definition) is 8. The third kappa shape index (κ3) is 6.64. The number of benzene rings is 4. The van der Waals surface area contributed by atoms with Gasteiger partial charge in [0.2, 0.25) is 12.7 Å². The zero-order chi connectivity index (χ0) is 33.5. The summed E-state index contributed by atoms with van der Waals surface area (Å²) in [5, 5.41) is 14.4. The van der Waals surface area contributed by atoms with Crippen molar-refractivity contribution in [2.75, 3.05) is 34.7 Å². The summed E-state index contributed by atoms with van der Waals surface area (Å²) in [6.45, 7) is 1.03. The highest BCUT2D eigenvalue weighted by molar-refractivity contribution is 5.88. The highest BCUT2D eigenvalue weighted by atomic mass is 16.7. The van der Waals surface area contributed by atoms with Crippen molar-refractivity contribution in [3.8, 4) is 23.0 Å². The normalized spacial score (nSPS) is 17.1. The number of ether oxygens (including phenoxy) is 5. The molecule has 0 fully saturated rings. The highest BCUT2D eigenvalue weighted by Crippen LogP contribution is 2.47. The van der Waals surface area contributed by atoms with E-state index >= 15 is 4.79 Å². The highest BCUT2D eigenvalue weighted by Gasteiger charge is 2.50. The van der Waals surface area contributed by atoms with Crippen LogP contribution in [0.25, 0.3) is 0 Å². The molecule has 0 saturated heterocycles. The van der Waals surface area contributed by atoms with Gasteiger partial charge in [-0.1, -0.05) is 66.7 Å². The minimum absolute atomic E-state index is 0.0458. The van der Waals surface area contributed by atoms with Crippen molar-refractivity contribution >= 4 is 5.91 Å². The van der Waals surface area contributed by atoms with Crippen LogP contribution in [-0.2, 0) is 39.2 Å². The van der Waals surface area contributed by atoms with Crippen LogP contribution in [0.4, 0.5) is 0 Å². The van der Waals surface area contributed by atoms with E-state index in [9.17, 15) is 5.11 Å². The molecule has 250 valence electrons. The van der Waals surface area contributed by atoms with Crippen molar-refractivity contribution in [2.45, 2.75) is 43.8 Å². The van der Waals surface area contributed by atoms with Crippen molar-refractivity contribution in [1.82, 2.24) is 10.2 Å². The fourth-order valence-electron chi connectivity index (χ4n) is 6.95. The summed E-state index contributed by atoms with van der Waals surface area (Å²) in [5.74, 6) is 2.14. The summed E-state index contributed by atoms with van der Waals surface area (Å²) in [6, 6.07) is 29.0. The Bertz CT molecular complexity index is 1740. The van der Waals surface area contributed by atoms with E-state index in [0.717, 1.165) is 40.7 Å². The van der Waals surface area contributed by atoms with Gasteiger partial charge in [0, 0.05) is 25.6 Å². The van der Waals surface area contributed by atoms with Crippen LogP contribution >= 0.6 is 0 Å². The Morgan fingerprint density at radius 1 is 0.896 bits per heavy atom. The average Bonchev–Trinajstić information content (AvgIpc) is 3.58. The molecule has 2 heterocycles. The van der Waals surface area contributed by atoms with Gasteiger partial charge >= 0.3 is 0 Å². The molecule has 0 spiro atoms. The molecule has 2 N–H and O–H groups in total. The predicted octanol–water partition coefficient (Wildman–Crippen LogP) is 6.40. The fourth-order valence-corrected chi connectivity index (χ4v) is 6.95. The van der Waals surface area contributed by atoms with E-state index in [-0.39, 0.29) is 30.9 Å². The topological polar surface area (TPSA) is 98.7 Å². The predicted molar refractivity (Wildman–Crippen MR) is 182 cm³/mol. The first-order valence-electron chi connectivity index (χ1n) is 16.2. The number of hydrogen-bond donors (Lipinski definition) is 2. The second-order valence-corrected chi connectivity index (χ2v) is 12.0. The van der Waals surface area contributed by atoms with Crippen LogP contribution in [0.15, 0.2) is 103 Å². The van der Waals surface area contributed by atoms with Crippen LogP contribution in [0.1, 0.15) is 46.7 Å². The summed E-state index contributed by atoms with van der Waals surface area (Å²) in [6.07, 6.45) is 3.85. The summed E-state index contributed by atoms with van der Waals surface area (Å²) in [5.41, 5.74) is 3.56. The van der Waals surface area contributed by atoms with Gasteiger partial charge in [0.1, 0.15) is 17.6 Å². The zero-order valence-electron chi connectivity index (χ0n) is 27.6. The first-order chi connectivity index (χ1) is 23.5. The Morgan fingerprint density at radius 2 is 1.62 bits per heavy atom. The standard InChI is InChI=1S/C39H42N2O7/c1-44-35-17-16-28(20-37(35)46-3)19-33-32-22-34(42)36(45-2)21-29(32)13-10-18-41(33)39(23-31-25-47-26-48-31,30-14-8-5-9-15-30)38(43)40-24-27-11-6-4-7-12-27/h4-9,11-12,14-17,20-22,25,33,42H,10,13,18-19,23-24,26H2,1-3H3,(H,40,43). The molecule has 4 aromatic rings. The lowest BCUT2D eigenvalue weighted by Gasteiger charge is -2.47. The van der Waals surface area contributed by atoms with E-state index in [1.165, 1.54) is 0 Å². The first-order valence-corrected chi connectivity index (χ1v) is 16.2. The fraction of sp³-hybridized carbons (Fsp3) is 0.308. The third-order valence-electron chi connectivity index (χ3n) is 9.27. The monoisotopic (exact) mass is 650 g/mol. The summed E-state index contributed by atoms with van der Waals surface area (Å²) < 4.78 is 28.2. The van der Waals surface area contributed by atoms with Gasteiger partial charge in [-0.3, -0.25) is 9.69 Å². The molecule has 0 aromatic heterocycles. The Labute approximate surface area is 281 Å². The minimum atomic E-state index is -1.23. The molecule has 9 heteroatoms. The van der Waals surface area contributed by atoms with Crippen LogP contribution in [0.2, 0.25) is 0 Å². The van der Waals surface area contributed by atoms with Gasteiger partial charge in [0.15, 0.2) is 23.0 Å². The Morgan fingerprint density at radius 3 is 2.31 bits per heavy atom. The van der Waals surface area contributed by atoms with Gasteiger partial charge in [-0.15, -0.1) is 0 Å². The van der Waals surface area contributed by atoms with Crippen molar-refractivity contribution < 1.29 is 33.6 Å². The number of nitrogens with one attached hydrogen (secondary N) is 1. The molecule has 6 rings (SSSR count). The second-order valence-electron chi connectivity index (χ2n) is 12.0. The summed E-state index contributed by atoms with van der Waals surface area (Å²) >= 11 is 0. The van der Waals surface area contributed by atoms with Crippen LogP contribution < -0.4 is 19.5 Å². The molecule has 0 aliphatic carbocycles. The van der Waals surface area contributed by atoms with Gasteiger partial charge in [-0.25, -0.2) is 0 Å². The molecule has 9 nitrogen and oxygen atoms in total. The van der Waals surface area contributed by atoms with Gasteiger partial charge in [-0.2, -0.15) is 0 Å². The Kier molecular flexibility index (Phi) is 10.1. The largest absolute Gasteiger partial charge is 0.504 e. The van der Waals surface area contributed by atoms with Gasteiger partial charge in [0.25, 0.3) is 0 Å². The van der Waals surface area contributed by atoms with Crippen LogP contribution in [-0.4, -0.2) is 50.6 Å². The van der Waals surface area contributed by atoms with Gasteiger partial charge in [0.05, 0.1) is 21.3 Å². The number of rotatable bonds is 12. The maximum Gasteiger partial charge on any atom is 0.245 e. The van der Waals surface area contributed by atoms with Crippen molar-refractivity contribution in [3.05, 3.63) is 131 Å². The van der Waals surface area contributed by atoms with Crippen molar-refractivity contribution in [3.63, 3.8) is 0 Å². The first kappa shape index (κ1) is 32.8. The molecular weight excluding hydrogens is 608 g/mol. The van der Waals surface area contributed by atoms with E-state index < -0.39 is 5.54 Å². The maximum absolute atomic E-state index is 15.1. The number of carbonyl (C=O) groups excluding carboxylic acids is 1.